The van der Waals surface area contributed by atoms with E-state index in [1.54, 1.807) is 29.0 Å². The van der Waals surface area contributed by atoms with Crippen molar-refractivity contribution in [3.8, 4) is 0 Å². The average Bonchev–Trinajstić information content (AvgIpc) is 3.61. The van der Waals surface area contributed by atoms with Crippen molar-refractivity contribution >= 4 is 42.7 Å². The molecule has 2 N–H and O–H groups in total. The topological polar surface area (TPSA) is 121 Å². The Labute approximate surface area is 245 Å². The van der Waals surface area contributed by atoms with Crippen LogP contribution in [-0.2, 0) is 21.4 Å². The Morgan fingerprint density at radius 3 is 2.36 bits per heavy atom. The van der Waals surface area contributed by atoms with E-state index in [2.05, 4.69) is 46.2 Å². The summed E-state index contributed by atoms with van der Waals surface area (Å²) >= 11 is 1.53. The number of hydrogen-bond donors (Lipinski definition) is 2. The predicted molar refractivity (Wildman–Crippen MR) is 154 cm³/mol. The van der Waals surface area contributed by atoms with Gasteiger partial charge in [-0.1, -0.05) is 41.7 Å². The zero-order valence-electron chi connectivity index (χ0n) is 22.9. The Balaban J connectivity index is 0.000000517. The van der Waals surface area contributed by atoms with Crippen LogP contribution >= 0.6 is 11.3 Å². The number of nitrogens with one attached hydrogen (secondary N) is 1. The van der Waals surface area contributed by atoms with E-state index < -0.39 is 22.2 Å². The van der Waals surface area contributed by atoms with E-state index in [-0.39, 0.29) is 12.1 Å². The molecule has 3 heterocycles. The SMILES string of the molecule is CC(Cn1ccnc1)Nc1nc2cc(S(=O)(=O)N3CCN(C(C)c4ccccc4)CC3)ccc2s1.O=C(O)C(F)(F)F. The zero-order chi connectivity index (χ0) is 30.5. The lowest BCUT2D eigenvalue weighted by Crippen LogP contribution is -2.49. The van der Waals surface area contributed by atoms with E-state index in [9.17, 15) is 21.6 Å². The zero-order valence-corrected chi connectivity index (χ0v) is 24.5. The number of imidazole rings is 1. The highest BCUT2D eigenvalue weighted by atomic mass is 32.2. The molecule has 0 spiro atoms. The minimum Gasteiger partial charge on any atom is -0.475 e. The number of fused-ring (bicyclic) bond motifs is 1. The van der Waals surface area contributed by atoms with Gasteiger partial charge in [0.25, 0.3) is 0 Å². The number of aliphatic carboxylic acids is 1. The summed E-state index contributed by atoms with van der Waals surface area (Å²) in [4.78, 5) is 20.3. The van der Waals surface area contributed by atoms with Gasteiger partial charge >= 0.3 is 12.1 Å². The smallest absolute Gasteiger partial charge is 0.475 e. The van der Waals surface area contributed by atoms with Crippen LogP contribution in [0.4, 0.5) is 18.3 Å². The highest BCUT2D eigenvalue weighted by Crippen LogP contribution is 2.30. The summed E-state index contributed by atoms with van der Waals surface area (Å²) in [7, 11) is -3.57. The molecule has 1 fully saturated rings. The van der Waals surface area contributed by atoms with Gasteiger partial charge in [0.2, 0.25) is 10.0 Å². The van der Waals surface area contributed by atoms with Crippen molar-refractivity contribution in [3.63, 3.8) is 0 Å². The summed E-state index contributed by atoms with van der Waals surface area (Å²) in [6.45, 7) is 7.40. The second kappa shape index (κ2) is 13.2. The van der Waals surface area contributed by atoms with E-state index in [1.165, 1.54) is 16.9 Å². The van der Waals surface area contributed by atoms with Gasteiger partial charge in [0, 0.05) is 57.2 Å². The molecule has 0 saturated carbocycles. The standard InChI is InChI=1S/C25H30N6O2S2.C2HF3O2/c1-19(17-29-11-10-26-18-29)27-25-28-23-16-22(8-9-24(23)34-25)35(32,33)31-14-12-30(13-15-31)20(2)21-6-4-3-5-7-21;3-2(4,5)1(6)7/h3-11,16,18-20H,12-15,17H2,1-2H3,(H,27,28);(H,6,7). The number of benzene rings is 2. The molecule has 2 aromatic heterocycles. The third kappa shape index (κ3) is 7.85. The van der Waals surface area contributed by atoms with Gasteiger partial charge < -0.3 is 15.0 Å². The molecule has 5 rings (SSSR count). The van der Waals surface area contributed by atoms with Crippen LogP contribution < -0.4 is 5.32 Å². The molecule has 1 saturated heterocycles. The Morgan fingerprint density at radius 1 is 1.10 bits per heavy atom. The number of carboxylic acid groups (broad SMARTS) is 1. The molecule has 0 aliphatic carbocycles. The number of piperazine rings is 1. The van der Waals surface area contributed by atoms with Crippen molar-refractivity contribution in [2.45, 2.75) is 43.5 Å². The Bertz CT molecular complexity index is 1570. The van der Waals surface area contributed by atoms with Crippen LogP contribution in [0.2, 0.25) is 0 Å². The molecule has 2 atom stereocenters. The molecule has 10 nitrogen and oxygen atoms in total. The molecule has 1 aliphatic heterocycles. The molecule has 0 bridgehead atoms. The lowest BCUT2D eigenvalue weighted by atomic mass is 10.1. The lowest BCUT2D eigenvalue weighted by molar-refractivity contribution is -0.192. The molecular weight excluding hydrogens is 593 g/mol. The predicted octanol–water partition coefficient (Wildman–Crippen LogP) is 4.69. The maximum absolute atomic E-state index is 13.4. The molecule has 1 aliphatic rings. The number of halogens is 3. The summed E-state index contributed by atoms with van der Waals surface area (Å²) < 4.78 is 63.1. The number of carbonyl (C=O) groups is 1. The molecule has 2 unspecified atom stereocenters. The number of nitrogens with zero attached hydrogens (tertiary/aromatic N) is 5. The van der Waals surface area contributed by atoms with Gasteiger partial charge in [-0.05, 0) is 37.6 Å². The summed E-state index contributed by atoms with van der Waals surface area (Å²) in [5.74, 6) is -2.76. The van der Waals surface area contributed by atoms with Crippen molar-refractivity contribution < 1.29 is 31.5 Å². The van der Waals surface area contributed by atoms with Gasteiger partial charge in [-0.2, -0.15) is 17.5 Å². The normalized spacial score (nSPS) is 16.4. The largest absolute Gasteiger partial charge is 0.490 e. The number of rotatable bonds is 8. The summed E-state index contributed by atoms with van der Waals surface area (Å²) in [5, 5.41) is 11.3. The first-order valence-electron chi connectivity index (χ1n) is 13.1. The van der Waals surface area contributed by atoms with Gasteiger partial charge in [0.05, 0.1) is 21.4 Å². The van der Waals surface area contributed by atoms with Gasteiger partial charge in [0.1, 0.15) is 0 Å². The molecular formula is C27H31F3N6O4S2. The fourth-order valence-corrected chi connectivity index (χ4v) is 6.92. The Kier molecular flexibility index (Phi) is 9.86. The van der Waals surface area contributed by atoms with Gasteiger partial charge in [-0.15, -0.1) is 0 Å². The van der Waals surface area contributed by atoms with Crippen LogP contribution in [0.3, 0.4) is 0 Å². The third-order valence-electron chi connectivity index (χ3n) is 6.76. The Hall–Kier alpha value is -3.53. The van der Waals surface area contributed by atoms with Crippen LogP contribution in [0.15, 0.2) is 72.1 Å². The number of sulfonamides is 1. The molecule has 4 aromatic rings. The van der Waals surface area contributed by atoms with E-state index >= 15 is 0 Å². The van der Waals surface area contributed by atoms with Crippen molar-refractivity contribution in [3.05, 3.63) is 72.8 Å². The van der Waals surface area contributed by atoms with Crippen LogP contribution in [0.25, 0.3) is 10.2 Å². The first kappa shape index (κ1) is 31.4. The first-order valence-corrected chi connectivity index (χ1v) is 15.3. The molecule has 226 valence electrons. The summed E-state index contributed by atoms with van der Waals surface area (Å²) in [6.07, 6.45) is 0.391. The second-order valence-corrected chi connectivity index (χ2v) is 12.8. The average molecular weight is 625 g/mol. The van der Waals surface area contributed by atoms with Crippen molar-refractivity contribution in [1.29, 1.82) is 0 Å². The number of thiazole rings is 1. The fourth-order valence-electron chi connectivity index (χ4n) is 4.52. The highest BCUT2D eigenvalue weighted by Gasteiger charge is 2.38. The number of alkyl halides is 3. The molecule has 2 aromatic carbocycles. The maximum Gasteiger partial charge on any atom is 0.490 e. The van der Waals surface area contributed by atoms with E-state index in [1.807, 2.05) is 35.0 Å². The number of carboxylic acids is 1. The number of aromatic nitrogens is 3. The molecule has 0 radical (unpaired) electrons. The highest BCUT2D eigenvalue weighted by molar-refractivity contribution is 7.89. The van der Waals surface area contributed by atoms with Crippen molar-refractivity contribution in [2.24, 2.45) is 0 Å². The number of anilines is 1. The lowest BCUT2D eigenvalue weighted by Gasteiger charge is -2.37. The van der Waals surface area contributed by atoms with Crippen molar-refractivity contribution in [2.75, 3.05) is 31.5 Å². The Morgan fingerprint density at radius 2 is 1.76 bits per heavy atom. The fraction of sp³-hybridized carbons (Fsp3) is 0.370. The van der Waals surface area contributed by atoms with E-state index in [0.717, 1.165) is 16.4 Å². The van der Waals surface area contributed by atoms with Crippen molar-refractivity contribution in [1.82, 2.24) is 23.7 Å². The van der Waals surface area contributed by atoms with Crippen LogP contribution in [0.1, 0.15) is 25.5 Å². The van der Waals surface area contributed by atoms with E-state index in [4.69, 9.17) is 9.90 Å². The third-order valence-corrected chi connectivity index (χ3v) is 9.62. The van der Waals surface area contributed by atoms with Gasteiger partial charge in [0.15, 0.2) is 5.13 Å². The first-order chi connectivity index (χ1) is 19.8. The monoisotopic (exact) mass is 624 g/mol. The molecule has 15 heteroatoms. The van der Waals surface area contributed by atoms with Gasteiger partial charge in [-0.25, -0.2) is 23.2 Å². The summed E-state index contributed by atoms with van der Waals surface area (Å²) in [5.41, 5.74) is 1.95. The quantitative estimate of drug-likeness (QED) is 0.290. The van der Waals surface area contributed by atoms with Crippen LogP contribution in [-0.4, -0.2) is 81.6 Å². The van der Waals surface area contributed by atoms with E-state index in [0.29, 0.717) is 36.6 Å². The minimum absolute atomic E-state index is 0.155. The summed E-state index contributed by atoms with van der Waals surface area (Å²) in [6, 6.07) is 16.0. The second-order valence-electron chi connectivity index (χ2n) is 9.78. The number of hydrogen-bond acceptors (Lipinski definition) is 8. The van der Waals surface area contributed by atoms with Gasteiger partial charge in [-0.3, -0.25) is 4.90 Å². The maximum atomic E-state index is 13.4. The molecule has 0 amide bonds. The molecule has 42 heavy (non-hydrogen) atoms. The van der Waals surface area contributed by atoms with Crippen LogP contribution in [0.5, 0.6) is 0 Å². The van der Waals surface area contributed by atoms with Crippen LogP contribution in [0, 0.1) is 0 Å². The minimum atomic E-state index is -5.08.